The van der Waals surface area contributed by atoms with Gasteiger partial charge in [0.2, 0.25) is 0 Å². The SMILES string of the molecule is c1ccc(-c2ccc(N(c3ccc(-c4ccccc4-n4c5ccccc5c5ccccc54)c(-c4ccccc4)c3)c3cccc4c3sc3ccccc34)cc2)cc1. The number of benzene rings is 9. The zero-order valence-electron chi connectivity index (χ0n) is 31.1. The maximum absolute atomic E-state index is 2.45. The first-order valence-electron chi connectivity index (χ1n) is 19.4. The number of anilines is 3. The number of rotatable bonds is 7. The summed E-state index contributed by atoms with van der Waals surface area (Å²) in [6, 6.07) is 79.4. The molecule has 0 atom stereocenters. The van der Waals surface area contributed by atoms with Gasteiger partial charge in [-0.15, -0.1) is 11.3 Å². The molecule has 0 amide bonds. The predicted molar refractivity (Wildman–Crippen MR) is 245 cm³/mol. The highest BCUT2D eigenvalue weighted by atomic mass is 32.1. The van der Waals surface area contributed by atoms with Crippen molar-refractivity contribution >= 4 is 70.4 Å². The Kier molecular flexibility index (Phi) is 8.04. The van der Waals surface area contributed by atoms with E-state index in [1.807, 2.05) is 11.3 Å². The average Bonchev–Trinajstić information content (AvgIpc) is 3.84. The van der Waals surface area contributed by atoms with Gasteiger partial charge in [-0.05, 0) is 82.4 Å². The molecule has 0 aliphatic heterocycles. The van der Waals surface area contributed by atoms with Crippen molar-refractivity contribution in [1.82, 2.24) is 4.57 Å². The van der Waals surface area contributed by atoms with Crippen molar-refractivity contribution in [2.24, 2.45) is 0 Å². The van der Waals surface area contributed by atoms with Gasteiger partial charge in [-0.2, -0.15) is 0 Å². The summed E-state index contributed by atoms with van der Waals surface area (Å²) in [6.45, 7) is 0. The van der Waals surface area contributed by atoms with Crippen LogP contribution in [0.15, 0.2) is 218 Å². The molecule has 0 saturated heterocycles. The van der Waals surface area contributed by atoms with Crippen LogP contribution in [-0.2, 0) is 0 Å². The van der Waals surface area contributed by atoms with Crippen molar-refractivity contribution in [3.8, 4) is 39.1 Å². The van der Waals surface area contributed by atoms with Crippen LogP contribution in [0.4, 0.5) is 17.1 Å². The fourth-order valence-electron chi connectivity index (χ4n) is 8.61. The van der Waals surface area contributed by atoms with E-state index in [0.29, 0.717) is 0 Å². The second-order valence-electron chi connectivity index (χ2n) is 14.5. The van der Waals surface area contributed by atoms with Crippen molar-refractivity contribution in [1.29, 1.82) is 0 Å². The van der Waals surface area contributed by atoms with Crippen LogP contribution in [0.5, 0.6) is 0 Å². The van der Waals surface area contributed by atoms with E-state index >= 15 is 0 Å². The monoisotopic (exact) mass is 744 g/mol. The summed E-state index contributed by atoms with van der Waals surface area (Å²) in [7, 11) is 0. The van der Waals surface area contributed by atoms with E-state index in [1.54, 1.807) is 0 Å². The lowest BCUT2D eigenvalue weighted by Crippen LogP contribution is -2.10. The highest BCUT2D eigenvalue weighted by molar-refractivity contribution is 7.26. The molecule has 2 heterocycles. The summed E-state index contributed by atoms with van der Waals surface area (Å²) < 4.78 is 5.00. The number of hydrogen-bond donors (Lipinski definition) is 0. The summed E-state index contributed by atoms with van der Waals surface area (Å²) >= 11 is 1.86. The minimum absolute atomic E-state index is 1.10. The number of thiophene rings is 1. The Hall–Kier alpha value is -7.20. The lowest BCUT2D eigenvalue weighted by molar-refractivity contribution is 1.18. The first-order chi connectivity index (χ1) is 28.3. The normalized spacial score (nSPS) is 11.5. The molecule has 0 unspecified atom stereocenters. The molecule has 0 radical (unpaired) electrons. The minimum atomic E-state index is 1.10. The van der Waals surface area contributed by atoms with Gasteiger partial charge in [0.05, 0.1) is 27.1 Å². The molecule has 0 bridgehead atoms. The van der Waals surface area contributed by atoms with E-state index in [0.717, 1.165) is 17.1 Å². The fraction of sp³-hybridized carbons (Fsp3) is 0. The first-order valence-corrected chi connectivity index (χ1v) is 20.3. The van der Waals surface area contributed by atoms with Gasteiger partial charge in [-0.25, -0.2) is 0 Å². The summed E-state index contributed by atoms with van der Waals surface area (Å²) in [6.07, 6.45) is 0. The van der Waals surface area contributed by atoms with Gasteiger partial charge in [-0.1, -0.05) is 164 Å². The zero-order valence-corrected chi connectivity index (χ0v) is 31.9. The maximum atomic E-state index is 2.45. The lowest BCUT2D eigenvalue weighted by atomic mass is 9.92. The van der Waals surface area contributed by atoms with E-state index < -0.39 is 0 Å². The molecule has 11 rings (SSSR count). The van der Waals surface area contributed by atoms with Crippen molar-refractivity contribution in [3.05, 3.63) is 218 Å². The van der Waals surface area contributed by atoms with E-state index in [1.165, 1.54) is 81.0 Å². The van der Waals surface area contributed by atoms with Crippen molar-refractivity contribution < 1.29 is 0 Å². The molecule has 0 N–H and O–H groups in total. The Balaban J connectivity index is 1.15. The Labute approximate surface area is 335 Å². The molecule has 11 aromatic rings. The van der Waals surface area contributed by atoms with Crippen LogP contribution in [0, 0.1) is 0 Å². The quantitative estimate of drug-likeness (QED) is 0.158. The molecule has 268 valence electrons. The Morgan fingerprint density at radius 2 is 0.912 bits per heavy atom. The van der Waals surface area contributed by atoms with E-state index in [2.05, 4.69) is 228 Å². The molecule has 0 saturated carbocycles. The lowest BCUT2D eigenvalue weighted by Gasteiger charge is -2.28. The van der Waals surface area contributed by atoms with Crippen molar-refractivity contribution in [2.75, 3.05) is 4.90 Å². The average molecular weight is 745 g/mol. The zero-order chi connectivity index (χ0) is 37.7. The molecular formula is C54H36N2S. The third-order valence-electron chi connectivity index (χ3n) is 11.2. The van der Waals surface area contributed by atoms with Gasteiger partial charge >= 0.3 is 0 Å². The van der Waals surface area contributed by atoms with E-state index in [4.69, 9.17) is 0 Å². The molecule has 2 aromatic heterocycles. The third kappa shape index (κ3) is 5.63. The summed E-state index contributed by atoms with van der Waals surface area (Å²) in [5.74, 6) is 0. The Morgan fingerprint density at radius 3 is 1.65 bits per heavy atom. The van der Waals surface area contributed by atoms with Gasteiger partial charge < -0.3 is 9.47 Å². The van der Waals surface area contributed by atoms with Crippen LogP contribution >= 0.6 is 11.3 Å². The highest BCUT2D eigenvalue weighted by Crippen LogP contribution is 2.47. The summed E-state index contributed by atoms with van der Waals surface area (Å²) in [5, 5.41) is 5.08. The highest BCUT2D eigenvalue weighted by Gasteiger charge is 2.22. The number of fused-ring (bicyclic) bond motifs is 6. The number of nitrogens with zero attached hydrogens (tertiary/aromatic N) is 2. The summed E-state index contributed by atoms with van der Waals surface area (Å²) in [4.78, 5) is 2.45. The molecular weight excluding hydrogens is 709 g/mol. The maximum Gasteiger partial charge on any atom is 0.0640 e. The first kappa shape index (κ1) is 33.2. The van der Waals surface area contributed by atoms with Crippen LogP contribution < -0.4 is 4.90 Å². The van der Waals surface area contributed by atoms with Crippen LogP contribution in [0.1, 0.15) is 0 Å². The van der Waals surface area contributed by atoms with Crippen LogP contribution in [0.25, 0.3) is 81.0 Å². The van der Waals surface area contributed by atoms with Crippen LogP contribution in [0.2, 0.25) is 0 Å². The largest absolute Gasteiger partial charge is 0.309 e. The standard InChI is InChI=1S/C54H36N2S/c1-3-16-37(17-4-1)38-30-32-40(33-31-38)55(52-28-15-24-47-46-23-10-14-29-53(46)57-54(47)52)41-34-35-42(48(36-41)39-18-5-2-6-19-39)43-20-7-11-25-49(43)56-50-26-12-8-21-44(50)45-22-9-13-27-51(45)56/h1-36H. The minimum Gasteiger partial charge on any atom is -0.309 e. The van der Waals surface area contributed by atoms with E-state index in [-0.39, 0.29) is 0 Å². The molecule has 9 aromatic carbocycles. The number of aromatic nitrogens is 1. The second-order valence-corrected chi connectivity index (χ2v) is 15.5. The van der Waals surface area contributed by atoms with Crippen molar-refractivity contribution in [3.63, 3.8) is 0 Å². The molecule has 0 spiro atoms. The smallest absolute Gasteiger partial charge is 0.0640 e. The van der Waals surface area contributed by atoms with Gasteiger partial charge in [0, 0.05) is 43.2 Å². The molecule has 2 nitrogen and oxygen atoms in total. The molecule has 0 fully saturated rings. The summed E-state index contributed by atoms with van der Waals surface area (Å²) in [5.41, 5.74) is 14.0. The second kappa shape index (κ2) is 13.8. The molecule has 0 aliphatic rings. The fourth-order valence-corrected chi connectivity index (χ4v) is 9.82. The third-order valence-corrected chi connectivity index (χ3v) is 12.4. The van der Waals surface area contributed by atoms with Gasteiger partial charge in [-0.3, -0.25) is 0 Å². The number of hydrogen-bond acceptors (Lipinski definition) is 2. The van der Waals surface area contributed by atoms with Crippen LogP contribution in [-0.4, -0.2) is 4.57 Å². The van der Waals surface area contributed by atoms with Crippen LogP contribution in [0.3, 0.4) is 0 Å². The van der Waals surface area contributed by atoms with Gasteiger partial charge in [0.25, 0.3) is 0 Å². The van der Waals surface area contributed by atoms with Gasteiger partial charge in [0.1, 0.15) is 0 Å². The Bertz CT molecular complexity index is 3180. The molecule has 57 heavy (non-hydrogen) atoms. The van der Waals surface area contributed by atoms with Crippen molar-refractivity contribution in [2.45, 2.75) is 0 Å². The van der Waals surface area contributed by atoms with E-state index in [9.17, 15) is 0 Å². The molecule has 3 heteroatoms. The predicted octanol–water partition coefficient (Wildman–Crippen LogP) is 15.6. The topological polar surface area (TPSA) is 8.17 Å². The van der Waals surface area contributed by atoms with Gasteiger partial charge in [0.15, 0.2) is 0 Å². The Morgan fingerprint density at radius 1 is 0.351 bits per heavy atom. The molecule has 0 aliphatic carbocycles. The number of para-hydroxylation sites is 3.